The highest BCUT2D eigenvalue weighted by molar-refractivity contribution is 5.79. The van der Waals surface area contributed by atoms with Gasteiger partial charge in [0.05, 0.1) is 17.9 Å². The van der Waals surface area contributed by atoms with Crippen molar-refractivity contribution in [3.63, 3.8) is 0 Å². The molecule has 3 fully saturated rings. The number of ether oxygens (including phenoxy) is 2. The number of likely N-dealkylation sites (tertiary alicyclic amines) is 1. The van der Waals surface area contributed by atoms with Crippen molar-refractivity contribution >= 4 is 5.91 Å². The summed E-state index contributed by atoms with van der Waals surface area (Å²) in [5.74, 6) is 0.482. The van der Waals surface area contributed by atoms with E-state index >= 15 is 0 Å². The molecule has 0 aliphatic carbocycles. The maximum absolute atomic E-state index is 12.7. The summed E-state index contributed by atoms with van der Waals surface area (Å²) in [7, 11) is 0. The maximum Gasteiger partial charge on any atom is 0.225 e. The van der Waals surface area contributed by atoms with Gasteiger partial charge in [-0.05, 0) is 37.8 Å². The molecule has 0 saturated carbocycles. The summed E-state index contributed by atoms with van der Waals surface area (Å²) in [4.78, 5) is 21.7. The Kier molecular flexibility index (Phi) is 5.52. The first-order valence-electron chi connectivity index (χ1n) is 9.87. The van der Waals surface area contributed by atoms with Crippen LogP contribution in [-0.2, 0) is 20.8 Å². The number of pyridine rings is 1. The van der Waals surface area contributed by atoms with Gasteiger partial charge in [-0.1, -0.05) is 6.07 Å². The zero-order valence-electron chi connectivity index (χ0n) is 15.4. The van der Waals surface area contributed by atoms with E-state index in [1.165, 1.54) is 0 Å². The number of hydrogen-bond donors (Lipinski definition) is 0. The van der Waals surface area contributed by atoms with Crippen molar-refractivity contribution in [2.75, 3.05) is 46.0 Å². The molecular weight excluding hydrogens is 330 g/mol. The zero-order valence-corrected chi connectivity index (χ0v) is 15.4. The van der Waals surface area contributed by atoms with Gasteiger partial charge < -0.3 is 14.4 Å². The van der Waals surface area contributed by atoms with Crippen LogP contribution >= 0.6 is 0 Å². The van der Waals surface area contributed by atoms with E-state index in [1.54, 1.807) is 0 Å². The van der Waals surface area contributed by atoms with Crippen LogP contribution < -0.4 is 0 Å². The van der Waals surface area contributed by atoms with Gasteiger partial charge in [0.15, 0.2) is 0 Å². The third-order valence-corrected chi connectivity index (χ3v) is 6.00. The molecule has 1 spiro atoms. The quantitative estimate of drug-likeness (QED) is 0.822. The van der Waals surface area contributed by atoms with Crippen LogP contribution in [0.4, 0.5) is 0 Å². The number of piperidine rings is 1. The number of nitrogens with zero attached hydrogens (tertiary/aromatic N) is 3. The van der Waals surface area contributed by atoms with Gasteiger partial charge in [0.25, 0.3) is 0 Å². The van der Waals surface area contributed by atoms with Crippen LogP contribution in [0.5, 0.6) is 0 Å². The summed E-state index contributed by atoms with van der Waals surface area (Å²) < 4.78 is 11.6. The molecule has 0 unspecified atom stereocenters. The van der Waals surface area contributed by atoms with Gasteiger partial charge in [0, 0.05) is 58.1 Å². The number of rotatable bonds is 3. The third-order valence-electron chi connectivity index (χ3n) is 6.00. The average molecular weight is 359 g/mol. The second-order valence-electron chi connectivity index (χ2n) is 7.78. The van der Waals surface area contributed by atoms with Crippen LogP contribution in [0.3, 0.4) is 0 Å². The lowest BCUT2D eigenvalue weighted by molar-refractivity contribution is -0.155. The van der Waals surface area contributed by atoms with E-state index in [-0.39, 0.29) is 11.5 Å². The van der Waals surface area contributed by atoms with E-state index < -0.39 is 0 Å². The van der Waals surface area contributed by atoms with Crippen molar-refractivity contribution < 1.29 is 14.3 Å². The number of carbonyl (C=O) groups is 1. The minimum absolute atomic E-state index is 0.0977. The number of aromatic nitrogens is 1. The molecule has 6 nitrogen and oxygen atoms in total. The highest BCUT2D eigenvalue weighted by Gasteiger charge is 2.41. The molecule has 142 valence electrons. The Hall–Kier alpha value is -1.50. The van der Waals surface area contributed by atoms with Gasteiger partial charge in [-0.3, -0.25) is 14.7 Å². The summed E-state index contributed by atoms with van der Waals surface area (Å²) in [5.41, 5.74) is 1.01. The molecule has 3 aliphatic heterocycles. The monoisotopic (exact) mass is 359 g/mol. The van der Waals surface area contributed by atoms with Crippen molar-refractivity contribution in [3.8, 4) is 0 Å². The van der Waals surface area contributed by atoms with Crippen molar-refractivity contribution in [2.24, 2.45) is 5.92 Å². The summed E-state index contributed by atoms with van der Waals surface area (Å²) in [6.07, 6.45) is 5.46. The van der Waals surface area contributed by atoms with Crippen LogP contribution in [-0.4, -0.2) is 72.3 Å². The van der Waals surface area contributed by atoms with Gasteiger partial charge in [0.1, 0.15) is 0 Å². The van der Waals surface area contributed by atoms with E-state index in [9.17, 15) is 4.79 Å². The molecule has 26 heavy (non-hydrogen) atoms. The predicted octanol–water partition coefficient (Wildman–Crippen LogP) is 1.70. The lowest BCUT2D eigenvalue weighted by Gasteiger charge is -2.47. The van der Waals surface area contributed by atoms with Gasteiger partial charge in [0.2, 0.25) is 5.91 Å². The van der Waals surface area contributed by atoms with E-state index in [2.05, 4.69) is 20.9 Å². The molecular formula is C20H29N3O3. The summed E-state index contributed by atoms with van der Waals surface area (Å²) in [6, 6.07) is 6.08. The Bertz CT molecular complexity index is 596. The first-order valence-corrected chi connectivity index (χ1v) is 9.87. The summed E-state index contributed by atoms with van der Waals surface area (Å²) >= 11 is 0. The first-order chi connectivity index (χ1) is 12.7. The third kappa shape index (κ3) is 4.08. The molecule has 0 N–H and O–H groups in total. The Labute approximate surface area is 155 Å². The van der Waals surface area contributed by atoms with E-state index in [0.29, 0.717) is 5.91 Å². The Morgan fingerprint density at radius 1 is 1.15 bits per heavy atom. The zero-order chi connectivity index (χ0) is 17.8. The smallest absolute Gasteiger partial charge is 0.225 e. The van der Waals surface area contributed by atoms with Crippen molar-refractivity contribution in [3.05, 3.63) is 30.1 Å². The fraction of sp³-hybridized carbons (Fsp3) is 0.700. The molecule has 0 radical (unpaired) electrons. The molecule has 3 saturated heterocycles. The number of amides is 1. The van der Waals surface area contributed by atoms with Crippen LogP contribution in [0, 0.1) is 5.92 Å². The Balaban J connectivity index is 1.31. The topological polar surface area (TPSA) is 54.9 Å². The van der Waals surface area contributed by atoms with Crippen LogP contribution in [0.25, 0.3) is 0 Å². The van der Waals surface area contributed by atoms with E-state index in [0.717, 1.165) is 83.9 Å². The van der Waals surface area contributed by atoms with Gasteiger partial charge in [-0.2, -0.15) is 0 Å². The number of carbonyl (C=O) groups excluding carboxylic acids is 1. The SMILES string of the molecule is O=C(C1CCOCC1)N1CCC2(CC1)CN(Cc1ccccn1)CCO2. The molecule has 6 heteroatoms. The van der Waals surface area contributed by atoms with Crippen molar-refractivity contribution in [1.29, 1.82) is 0 Å². The largest absolute Gasteiger partial charge is 0.381 e. The summed E-state index contributed by atoms with van der Waals surface area (Å²) in [6.45, 7) is 6.59. The lowest BCUT2D eigenvalue weighted by atomic mass is 9.88. The molecule has 4 heterocycles. The molecule has 0 aromatic carbocycles. The molecule has 0 bridgehead atoms. The van der Waals surface area contributed by atoms with Gasteiger partial charge in [-0.15, -0.1) is 0 Å². The molecule has 0 atom stereocenters. The molecule has 4 rings (SSSR count). The summed E-state index contributed by atoms with van der Waals surface area (Å²) in [5, 5.41) is 0. The second-order valence-corrected chi connectivity index (χ2v) is 7.78. The standard InChI is InChI=1S/C20H29N3O3/c24-19(17-4-12-25-13-5-17)23-9-6-20(7-10-23)16-22(11-14-26-20)15-18-3-1-2-8-21-18/h1-3,8,17H,4-7,9-16H2. The highest BCUT2D eigenvalue weighted by atomic mass is 16.5. The minimum Gasteiger partial charge on any atom is -0.381 e. The van der Waals surface area contributed by atoms with Crippen LogP contribution in [0.15, 0.2) is 24.4 Å². The molecule has 3 aliphatic rings. The van der Waals surface area contributed by atoms with E-state index in [4.69, 9.17) is 9.47 Å². The normalized spacial score (nSPS) is 24.7. The Morgan fingerprint density at radius 3 is 2.69 bits per heavy atom. The fourth-order valence-corrected chi connectivity index (χ4v) is 4.42. The maximum atomic E-state index is 12.7. The second kappa shape index (κ2) is 8.03. The molecule has 1 aromatic rings. The van der Waals surface area contributed by atoms with Crippen LogP contribution in [0.1, 0.15) is 31.4 Å². The first kappa shape index (κ1) is 17.9. The fourth-order valence-electron chi connectivity index (χ4n) is 4.42. The number of morpholine rings is 1. The van der Waals surface area contributed by atoms with Gasteiger partial charge >= 0.3 is 0 Å². The van der Waals surface area contributed by atoms with Crippen molar-refractivity contribution in [2.45, 2.75) is 37.8 Å². The minimum atomic E-state index is -0.0977. The highest BCUT2D eigenvalue weighted by Crippen LogP contribution is 2.32. The molecule has 1 amide bonds. The van der Waals surface area contributed by atoms with Crippen LogP contribution in [0.2, 0.25) is 0 Å². The average Bonchev–Trinajstić information content (AvgIpc) is 2.70. The lowest BCUT2D eigenvalue weighted by Crippen LogP contribution is -2.57. The Morgan fingerprint density at radius 2 is 1.96 bits per heavy atom. The predicted molar refractivity (Wildman–Crippen MR) is 97.6 cm³/mol. The van der Waals surface area contributed by atoms with Crippen molar-refractivity contribution in [1.82, 2.24) is 14.8 Å². The van der Waals surface area contributed by atoms with E-state index in [1.807, 2.05) is 18.3 Å². The van der Waals surface area contributed by atoms with Gasteiger partial charge in [-0.25, -0.2) is 0 Å². The molecule has 1 aromatic heterocycles. The number of hydrogen-bond acceptors (Lipinski definition) is 5.